The summed E-state index contributed by atoms with van der Waals surface area (Å²) in [5.74, 6) is 1.05. The van der Waals surface area contributed by atoms with Crippen LogP contribution in [0.3, 0.4) is 0 Å². The zero-order valence-electron chi connectivity index (χ0n) is 11.9. The summed E-state index contributed by atoms with van der Waals surface area (Å²) in [7, 11) is 1.90. The lowest BCUT2D eigenvalue weighted by Gasteiger charge is -2.10. The summed E-state index contributed by atoms with van der Waals surface area (Å²) in [5, 5.41) is 12.3. The molecule has 20 heavy (non-hydrogen) atoms. The Bertz CT molecular complexity index is 659. The Morgan fingerprint density at radius 2 is 2.10 bits per heavy atom. The van der Waals surface area contributed by atoms with Crippen LogP contribution in [0.1, 0.15) is 22.4 Å². The zero-order chi connectivity index (χ0) is 14.5. The van der Waals surface area contributed by atoms with E-state index in [1.54, 1.807) is 0 Å². The maximum atomic E-state index is 9.23. The quantitative estimate of drug-likeness (QED) is 0.924. The zero-order valence-corrected chi connectivity index (χ0v) is 11.9. The standard InChI is InChI=1S/C16H17N3O/c1-11-7-12(2)19-16(15(11)9-17)20-14-6-4-5-13(8-14)10-18-3/h4-8,18H,10H2,1-3H3. The molecule has 0 radical (unpaired) electrons. The molecule has 0 saturated carbocycles. The fourth-order valence-corrected chi connectivity index (χ4v) is 2.05. The SMILES string of the molecule is CNCc1cccc(Oc2nc(C)cc(C)c2C#N)c1. The predicted octanol–water partition coefficient (Wildman–Crippen LogP) is 3.08. The monoisotopic (exact) mass is 267 g/mol. The molecule has 0 aliphatic carbocycles. The number of ether oxygens (including phenoxy) is 1. The van der Waals surface area contributed by atoms with Crippen molar-refractivity contribution in [3.8, 4) is 17.7 Å². The molecule has 0 unspecified atom stereocenters. The van der Waals surface area contributed by atoms with E-state index in [1.165, 1.54) is 0 Å². The molecule has 4 heteroatoms. The van der Waals surface area contributed by atoms with Gasteiger partial charge < -0.3 is 10.1 Å². The van der Waals surface area contributed by atoms with E-state index in [0.29, 0.717) is 17.2 Å². The van der Waals surface area contributed by atoms with Gasteiger partial charge in [-0.15, -0.1) is 0 Å². The first-order valence-electron chi connectivity index (χ1n) is 6.43. The first kappa shape index (κ1) is 14.0. The van der Waals surface area contributed by atoms with Gasteiger partial charge in [0.2, 0.25) is 5.88 Å². The van der Waals surface area contributed by atoms with Crippen LogP contribution >= 0.6 is 0 Å². The number of pyridine rings is 1. The molecule has 2 aromatic rings. The van der Waals surface area contributed by atoms with Crippen LogP contribution in [-0.2, 0) is 6.54 Å². The molecule has 0 aliphatic rings. The maximum Gasteiger partial charge on any atom is 0.237 e. The van der Waals surface area contributed by atoms with Crippen molar-refractivity contribution >= 4 is 0 Å². The second kappa shape index (κ2) is 6.18. The molecule has 1 aromatic heterocycles. The van der Waals surface area contributed by atoms with Crippen molar-refractivity contribution < 1.29 is 4.74 Å². The van der Waals surface area contributed by atoms with Crippen molar-refractivity contribution in [1.82, 2.24) is 10.3 Å². The van der Waals surface area contributed by atoms with E-state index in [4.69, 9.17) is 4.74 Å². The van der Waals surface area contributed by atoms with Gasteiger partial charge in [-0.2, -0.15) is 5.26 Å². The van der Waals surface area contributed by atoms with E-state index in [1.807, 2.05) is 51.2 Å². The highest BCUT2D eigenvalue weighted by Gasteiger charge is 2.11. The molecule has 1 heterocycles. The third-order valence-electron chi connectivity index (χ3n) is 2.92. The van der Waals surface area contributed by atoms with Gasteiger partial charge in [0.05, 0.1) is 0 Å². The Morgan fingerprint density at radius 3 is 2.80 bits per heavy atom. The Hall–Kier alpha value is -2.38. The fourth-order valence-electron chi connectivity index (χ4n) is 2.05. The van der Waals surface area contributed by atoms with Crippen LogP contribution in [0.25, 0.3) is 0 Å². The Labute approximate surface area is 119 Å². The smallest absolute Gasteiger partial charge is 0.237 e. The van der Waals surface area contributed by atoms with Gasteiger partial charge >= 0.3 is 0 Å². The second-order valence-corrected chi connectivity index (χ2v) is 4.65. The lowest BCUT2D eigenvalue weighted by Crippen LogP contribution is -2.05. The number of hydrogen-bond acceptors (Lipinski definition) is 4. The van der Waals surface area contributed by atoms with Gasteiger partial charge in [0.1, 0.15) is 17.4 Å². The van der Waals surface area contributed by atoms with Crippen LogP contribution in [-0.4, -0.2) is 12.0 Å². The van der Waals surface area contributed by atoms with Crippen LogP contribution < -0.4 is 10.1 Å². The molecule has 2 rings (SSSR count). The summed E-state index contributed by atoms with van der Waals surface area (Å²) in [6.45, 7) is 4.54. The highest BCUT2D eigenvalue weighted by molar-refractivity contribution is 5.47. The number of aryl methyl sites for hydroxylation is 2. The van der Waals surface area contributed by atoms with E-state index in [2.05, 4.69) is 16.4 Å². The van der Waals surface area contributed by atoms with Gasteiger partial charge in [-0.3, -0.25) is 0 Å². The molecular formula is C16H17N3O. The molecule has 0 fully saturated rings. The molecule has 0 aliphatic heterocycles. The van der Waals surface area contributed by atoms with Gasteiger partial charge in [-0.25, -0.2) is 4.98 Å². The van der Waals surface area contributed by atoms with Crippen molar-refractivity contribution in [1.29, 1.82) is 5.26 Å². The molecule has 102 valence electrons. The predicted molar refractivity (Wildman–Crippen MR) is 77.7 cm³/mol. The van der Waals surface area contributed by atoms with Crippen LogP contribution in [0.15, 0.2) is 30.3 Å². The average Bonchev–Trinajstić information content (AvgIpc) is 2.39. The van der Waals surface area contributed by atoms with Gasteiger partial charge in [0.25, 0.3) is 0 Å². The number of hydrogen-bond donors (Lipinski definition) is 1. The molecule has 0 atom stereocenters. The molecule has 4 nitrogen and oxygen atoms in total. The van der Waals surface area contributed by atoms with Crippen LogP contribution in [0, 0.1) is 25.2 Å². The lowest BCUT2D eigenvalue weighted by atomic mass is 10.1. The molecular weight excluding hydrogens is 250 g/mol. The summed E-state index contributed by atoms with van der Waals surface area (Å²) in [5.41, 5.74) is 3.31. The van der Waals surface area contributed by atoms with E-state index in [9.17, 15) is 5.26 Å². The van der Waals surface area contributed by atoms with E-state index >= 15 is 0 Å². The number of rotatable bonds is 4. The van der Waals surface area contributed by atoms with Crippen molar-refractivity contribution in [3.05, 3.63) is 52.7 Å². The van der Waals surface area contributed by atoms with Crippen molar-refractivity contribution in [3.63, 3.8) is 0 Å². The summed E-state index contributed by atoms with van der Waals surface area (Å²) in [6.07, 6.45) is 0. The highest BCUT2D eigenvalue weighted by Crippen LogP contribution is 2.26. The minimum atomic E-state index is 0.367. The normalized spacial score (nSPS) is 10.1. The van der Waals surface area contributed by atoms with Crippen molar-refractivity contribution in [2.75, 3.05) is 7.05 Å². The molecule has 1 aromatic carbocycles. The largest absolute Gasteiger partial charge is 0.438 e. The van der Waals surface area contributed by atoms with Crippen molar-refractivity contribution in [2.24, 2.45) is 0 Å². The van der Waals surface area contributed by atoms with Crippen LogP contribution in [0.5, 0.6) is 11.6 Å². The summed E-state index contributed by atoms with van der Waals surface area (Å²) in [6, 6.07) is 11.8. The lowest BCUT2D eigenvalue weighted by molar-refractivity contribution is 0.458. The number of benzene rings is 1. The Morgan fingerprint density at radius 1 is 1.30 bits per heavy atom. The van der Waals surface area contributed by atoms with E-state index < -0.39 is 0 Å². The molecule has 0 saturated heterocycles. The maximum absolute atomic E-state index is 9.23. The topological polar surface area (TPSA) is 57.9 Å². The average molecular weight is 267 g/mol. The van der Waals surface area contributed by atoms with Gasteiger partial charge in [-0.1, -0.05) is 12.1 Å². The van der Waals surface area contributed by atoms with E-state index in [-0.39, 0.29) is 0 Å². The minimum absolute atomic E-state index is 0.367. The Kier molecular flexibility index (Phi) is 4.34. The fraction of sp³-hybridized carbons (Fsp3) is 0.250. The number of nitrogens with zero attached hydrogens (tertiary/aromatic N) is 2. The second-order valence-electron chi connectivity index (χ2n) is 4.65. The van der Waals surface area contributed by atoms with Gasteiger partial charge in [0, 0.05) is 12.2 Å². The van der Waals surface area contributed by atoms with Crippen LogP contribution in [0.4, 0.5) is 0 Å². The highest BCUT2D eigenvalue weighted by atomic mass is 16.5. The summed E-state index contributed by atoms with van der Waals surface area (Å²) in [4.78, 5) is 4.32. The summed E-state index contributed by atoms with van der Waals surface area (Å²) >= 11 is 0. The molecule has 1 N–H and O–H groups in total. The molecule has 0 spiro atoms. The third kappa shape index (κ3) is 3.14. The first-order valence-corrected chi connectivity index (χ1v) is 6.43. The van der Waals surface area contributed by atoms with E-state index in [0.717, 1.165) is 23.4 Å². The number of nitriles is 1. The number of nitrogens with one attached hydrogen (secondary N) is 1. The van der Waals surface area contributed by atoms with Gasteiger partial charge in [-0.05, 0) is 50.2 Å². The number of aromatic nitrogens is 1. The first-order chi connectivity index (χ1) is 9.63. The van der Waals surface area contributed by atoms with Gasteiger partial charge in [0.15, 0.2) is 0 Å². The summed E-state index contributed by atoms with van der Waals surface area (Å²) < 4.78 is 5.79. The minimum Gasteiger partial charge on any atom is -0.438 e. The Balaban J connectivity index is 2.35. The third-order valence-corrected chi connectivity index (χ3v) is 2.92. The van der Waals surface area contributed by atoms with Crippen LogP contribution in [0.2, 0.25) is 0 Å². The van der Waals surface area contributed by atoms with Crippen molar-refractivity contribution in [2.45, 2.75) is 20.4 Å². The molecule has 0 amide bonds. The molecule has 0 bridgehead atoms.